The highest BCUT2D eigenvalue weighted by molar-refractivity contribution is 5.97. The summed E-state index contributed by atoms with van der Waals surface area (Å²) in [5, 5.41) is 6.59. The molecule has 0 atom stereocenters. The van der Waals surface area contributed by atoms with Crippen LogP contribution in [0.5, 0.6) is 0 Å². The summed E-state index contributed by atoms with van der Waals surface area (Å²) >= 11 is 0. The summed E-state index contributed by atoms with van der Waals surface area (Å²) in [5.41, 5.74) is 7.15. The second-order valence-corrected chi connectivity index (χ2v) is 4.00. The Morgan fingerprint density at radius 1 is 1.56 bits per heavy atom. The molecule has 0 aliphatic carbocycles. The Morgan fingerprint density at radius 2 is 2.28 bits per heavy atom. The van der Waals surface area contributed by atoms with Gasteiger partial charge in [0.05, 0.1) is 24.1 Å². The Hall–Kier alpha value is -2.31. The van der Waals surface area contributed by atoms with Crippen LogP contribution in [-0.4, -0.2) is 20.7 Å². The van der Waals surface area contributed by atoms with E-state index >= 15 is 0 Å². The van der Waals surface area contributed by atoms with E-state index in [0.717, 1.165) is 11.5 Å². The number of hydrogen-bond acceptors (Lipinski definition) is 5. The molecular formula is C11H15N5O2. The maximum absolute atomic E-state index is 11.9. The van der Waals surface area contributed by atoms with Crippen molar-refractivity contribution in [3.8, 4) is 0 Å². The van der Waals surface area contributed by atoms with E-state index in [0.29, 0.717) is 17.3 Å². The first-order chi connectivity index (χ1) is 8.49. The number of carbonyl (C=O) groups excluding carboxylic acids is 1. The van der Waals surface area contributed by atoms with Crippen LogP contribution in [0.3, 0.4) is 0 Å². The summed E-state index contributed by atoms with van der Waals surface area (Å²) in [5.74, 6) is 0.916. The van der Waals surface area contributed by atoms with Gasteiger partial charge in [-0.1, -0.05) is 0 Å². The van der Waals surface area contributed by atoms with Gasteiger partial charge in [-0.3, -0.25) is 9.48 Å². The van der Waals surface area contributed by atoms with Crippen LogP contribution in [0, 0.1) is 13.8 Å². The van der Waals surface area contributed by atoms with E-state index in [4.69, 9.17) is 10.2 Å². The lowest BCUT2D eigenvalue weighted by Crippen LogP contribution is -2.26. The van der Waals surface area contributed by atoms with Crippen molar-refractivity contribution in [2.75, 3.05) is 5.73 Å². The fourth-order valence-corrected chi connectivity index (χ4v) is 1.59. The number of carbonyl (C=O) groups is 1. The molecule has 7 nitrogen and oxygen atoms in total. The van der Waals surface area contributed by atoms with Crippen molar-refractivity contribution in [2.24, 2.45) is 7.05 Å². The van der Waals surface area contributed by atoms with E-state index in [9.17, 15) is 4.79 Å². The average molecular weight is 249 g/mol. The van der Waals surface area contributed by atoms with Gasteiger partial charge in [-0.25, -0.2) is 4.98 Å². The number of oxazole rings is 1. The van der Waals surface area contributed by atoms with Crippen LogP contribution in [0.2, 0.25) is 0 Å². The van der Waals surface area contributed by atoms with Crippen LogP contribution in [-0.2, 0) is 13.6 Å². The largest absolute Gasteiger partial charge is 0.444 e. The number of aryl methyl sites for hydroxylation is 3. The van der Waals surface area contributed by atoms with Gasteiger partial charge in [0.2, 0.25) is 5.89 Å². The first-order valence-electron chi connectivity index (χ1n) is 5.47. The summed E-state index contributed by atoms with van der Waals surface area (Å²) in [6, 6.07) is 0. The Kier molecular flexibility index (Phi) is 3.05. The van der Waals surface area contributed by atoms with E-state index in [1.807, 2.05) is 13.8 Å². The van der Waals surface area contributed by atoms with Crippen LogP contribution in [0.25, 0.3) is 0 Å². The predicted molar refractivity (Wildman–Crippen MR) is 64.8 cm³/mol. The van der Waals surface area contributed by atoms with Crippen LogP contribution in [0.15, 0.2) is 10.6 Å². The number of rotatable bonds is 3. The number of nitrogens with zero attached hydrogens (tertiary/aromatic N) is 3. The minimum absolute atomic E-state index is 0.220. The summed E-state index contributed by atoms with van der Waals surface area (Å²) in [6.07, 6.45) is 1.44. The molecule has 0 saturated heterocycles. The van der Waals surface area contributed by atoms with Gasteiger partial charge in [0.25, 0.3) is 5.91 Å². The topological polar surface area (TPSA) is 99.0 Å². The van der Waals surface area contributed by atoms with Crippen molar-refractivity contribution in [1.29, 1.82) is 0 Å². The lowest BCUT2D eigenvalue weighted by atomic mass is 10.3. The molecule has 0 fully saturated rings. The smallest absolute Gasteiger partial charge is 0.272 e. The average Bonchev–Trinajstić information content (AvgIpc) is 2.80. The van der Waals surface area contributed by atoms with Crippen LogP contribution < -0.4 is 11.1 Å². The van der Waals surface area contributed by atoms with Gasteiger partial charge in [-0.2, -0.15) is 5.10 Å². The first-order valence-corrected chi connectivity index (χ1v) is 5.47. The fourth-order valence-electron chi connectivity index (χ4n) is 1.59. The molecule has 0 aromatic carbocycles. The lowest BCUT2D eigenvalue weighted by Gasteiger charge is -2.03. The Labute approximate surface area is 104 Å². The standard InChI is InChI=1S/C11H15N5O2/c1-6-7(2)18-9(15-6)5-13-11(17)10-8(12)4-14-16(10)3/h4H,5,12H2,1-3H3,(H,13,17). The van der Waals surface area contributed by atoms with Crippen molar-refractivity contribution < 1.29 is 9.21 Å². The number of hydrogen-bond donors (Lipinski definition) is 2. The van der Waals surface area contributed by atoms with Gasteiger partial charge in [0.1, 0.15) is 11.5 Å². The number of nitrogen functional groups attached to an aromatic ring is 1. The number of aromatic nitrogens is 3. The van der Waals surface area contributed by atoms with Gasteiger partial charge in [0.15, 0.2) is 0 Å². The van der Waals surface area contributed by atoms with E-state index in [2.05, 4.69) is 15.4 Å². The van der Waals surface area contributed by atoms with E-state index in [-0.39, 0.29) is 12.5 Å². The molecule has 3 N–H and O–H groups in total. The molecule has 96 valence electrons. The zero-order valence-corrected chi connectivity index (χ0v) is 10.5. The van der Waals surface area contributed by atoms with Crippen LogP contribution in [0.1, 0.15) is 27.8 Å². The minimum atomic E-state index is -0.305. The summed E-state index contributed by atoms with van der Waals surface area (Å²) < 4.78 is 6.79. The van der Waals surface area contributed by atoms with Crippen LogP contribution in [0.4, 0.5) is 5.69 Å². The molecule has 2 aromatic rings. The third-order valence-electron chi connectivity index (χ3n) is 2.66. The molecule has 2 heterocycles. The molecule has 0 saturated carbocycles. The van der Waals surface area contributed by atoms with E-state index in [1.165, 1.54) is 10.9 Å². The van der Waals surface area contributed by atoms with Crippen LogP contribution >= 0.6 is 0 Å². The van der Waals surface area contributed by atoms with E-state index < -0.39 is 0 Å². The molecule has 0 aliphatic heterocycles. The van der Waals surface area contributed by atoms with Crippen molar-refractivity contribution >= 4 is 11.6 Å². The second kappa shape index (κ2) is 4.52. The minimum Gasteiger partial charge on any atom is -0.444 e. The first kappa shape index (κ1) is 12.2. The SMILES string of the molecule is Cc1nc(CNC(=O)c2c(N)cnn2C)oc1C. The number of amides is 1. The van der Waals surface area contributed by atoms with Gasteiger partial charge in [-0.05, 0) is 13.8 Å². The molecule has 1 amide bonds. The molecule has 2 rings (SSSR count). The maximum Gasteiger partial charge on any atom is 0.272 e. The molecular weight excluding hydrogens is 234 g/mol. The lowest BCUT2D eigenvalue weighted by molar-refractivity contribution is 0.0938. The van der Waals surface area contributed by atoms with Crippen molar-refractivity contribution in [2.45, 2.75) is 20.4 Å². The summed E-state index contributed by atoms with van der Waals surface area (Å²) in [6.45, 7) is 3.90. The summed E-state index contributed by atoms with van der Waals surface area (Å²) in [4.78, 5) is 16.1. The third kappa shape index (κ3) is 2.20. The molecule has 0 spiro atoms. The molecule has 0 aliphatic rings. The molecule has 0 bridgehead atoms. The predicted octanol–water partition coefficient (Wildman–Crippen LogP) is 0.537. The highest BCUT2D eigenvalue weighted by atomic mass is 16.4. The van der Waals surface area contributed by atoms with Crippen molar-refractivity contribution in [3.05, 3.63) is 29.2 Å². The zero-order chi connectivity index (χ0) is 13.3. The third-order valence-corrected chi connectivity index (χ3v) is 2.66. The molecule has 0 unspecified atom stereocenters. The van der Waals surface area contributed by atoms with Crippen molar-refractivity contribution in [3.63, 3.8) is 0 Å². The van der Waals surface area contributed by atoms with Gasteiger partial charge in [-0.15, -0.1) is 0 Å². The second-order valence-electron chi connectivity index (χ2n) is 4.00. The number of nitrogens with two attached hydrogens (primary N) is 1. The molecule has 2 aromatic heterocycles. The normalized spacial score (nSPS) is 10.6. The molecule has 0 radical (unpaired) electrons. The fraction of sp³-hybridized carbons (Fsp3) is 0.364. The van der Waals surface area contributed by atoms with Gasteiger partial charge < -0.3 is 15.5 Å². The quantitative estimate of drug-likeness (QED) is 0.827. The molecule has 7 heteroatoms. The summed E-state index contributed by atoms with van der Waals surface area (Å²) in [7, 11) is 1.66. The maximum atomic E-state index is 11.9. The Balaban J connectivity index is 2.05. The van der Waals surface area contributed by atoms with E-state index in [1.54, 1.807) is 7.05 Å². The molecule has 18 heavy (non-hydrogen) atoms. The van der Waals surface area contributed by atoms with Gasteiger partial charge in [0, 0.05) is 7.05 Å². The highest BCUT2D eigenvalue weighted by Gasteiger charge is 2.15. The van der Waals surface area contributed by atoms with Gasteiger partial charge >= 0.3 is 0 Å². The zero-order valence-electron chi connectivity index (χ0n) is 10.5. The van der Waals surface area contributed by atoms with Crippen molar-refractivity contribution in [1.82, 2.24) is 20.1 Å². The number of nitrogens with one attached hydrogen (secondary N) is 1. The monoisotopic (exact) mass is 249 g/mol. The Bertz CT molecular complexity index is 545. The number of anilines is 1. The highest BCUT2D eigenvalue weighted by Crippen LogP contribution is 2.10. The Morgan fingerprint density at radius 3 is 2.78 bits per heavy atom.